The fourth-order valence-electron chi connectivity index (χ4n) is 8.76. The van der Waals surface area contributed by atoms with Gasteiger partial charge in [-0.2, -0.15) is 0 Å². The summed E-state index contributed by atoms with van der Waals surface area (Å²) < 4.78 is 16.8. The third-order valence-electron chi connectivity index (χ3n) is 13.4. The Labute approximate surface area is 452 Å². The van der Waals surface area contributed by atoms with Crippen LogP contribution in [0.15, 0.2) is 85.1 Å². The van der Waals surface area contributed by atoms with Gasteiger partial charge in [-0.3, -0.25) is 14.4 Å². The van der Waals surface area contributed by atoms with Crippen molar-refractivity contribution in [1.29, 1.82) is 0 Å². The highest BCUT2D eigenvalue weighted by Crippen LogP contribution is 2.16. The lowest BCUT2D eigenvalue weighted by Gasteiger charge is -2.18. The molecule has 6 nitrogen and oxygen atoms in total. The molecule has 6 heteroatoms. The maximum absolute atomic E-state index is 12.9. The first kappa shape index (κ1) is 69.6. The standard InChI is InChI=1S/C67H116O6/c1-4-7-10-13-16-19-22-25-27-28-29-30-31-32-33-34-35-36-37-38-40-42-45-48-51-54-57-60-66(69)72-63-64(62-71-65(68)59-56-53-50-47-44-41-24-21-18-15-12-9-6-3)73-67(70)61-58-55-52-49-46-43-39-26-23-20-17-14-11-8-5-2/h9,12,18,21-22,25,28-29,31-32,41,44,50,53,64H,4-8,10-11,13-17,19-20,23-24,26-27,30,33-40,42-43,45-49,51-52,54-63H2,1-3H3/b12-9-,21-18-,25-22-,29-28-,32-31-,44-41-,53-50-. The molecule has 0 aromatic rings. The molecule has 0 rings (SSSR count). The van der Waals surface area contributed by atoms with Crippen molar-refractivity contribution in [2.75, 3.05) is 13.2 Å². The van der Waals surface area contributed by atoms with Gasteiger partial charge in [-0.15, -0.1) is 0 Å². The van der Waals surface area contributed by atoms with Crippen LogP contribution < -0.4 is 0 Å². The number of hydrogen-bond acceptors (Lipinski definition) is 6. The molecule has 0 aliphatic heterocycles. The number of carbonyl (C=O) groups excluding carboxylic acids is 3. The first-order valence-electron chi connectivity index (χ1n) is 31.1. The first-order chi connectivity index (χ1) is 36.0. The van der Waals surface area contributed by atoms with E-state index >= 15 is 0 Å². The van der Waals surface area contributed by atoms with Crippen LogP contribution in [0.2, 0.25) is 0 Å². The third-order valence-corrected chi connectivity index (χ3v) is 13.4. The zero-order valence-electron chi connectivity index (χ0n) is 48.1. The minimum Gasteiger partial charge on any atom is -0.462 e. The predicted octanol–water partition coefficient (Wildman–Crippen LogP) is 21.1. The van der Waals surface area contributed by atoms with E-state index in [4.69, 9.17) is 14.2 Å². The van der Waals surface area contributed by atoms with Crippen molar-refractivity contribution >= 4 is 17.9 Å². The normalized spacial score (nSPS) is 12.6. The molecule has 0 aromatic carbocycles. The molecule has 0 heterocycles. The van der Waals surface area contributed by atoms with E-state index < -0.39 is 6.10 Å². The molecule has 1 unspecified atom stereocenters. The van der Waals surface area contributed by atoms with Crippen molar-refractivity contribution < 1.29 is 28.6 Å². The summed E-state index contributed by atoms with van der Waals surface area (Å²) in [6, 6.07) is 0. The van der Waals surface area contributed by atoms with Crippen LogP contribution in [0.3, 0.4) is 0 Å². The summed E-state index contributed by atoms with van der Waals surface area (Å²) in [5.74, 6) is -0.973. The molecule has 0 aliphatic carbocycles. The molecule has 0 spiro atoms. The lowest BCUT2D eigenvalue weighted by molar-refractivity contribution is -0.166. The van der Waals surface area contributed by atoms with Crippen LogP contribution in [0, 0.1) is 0 Å². The van der Waals surface area contributed by atoms with Gasteiger partial charge in [-0.1, -0.05) is 286 Å². The van der Waals surface area contributed by atoms with Crippen molar-refractivity contribution in [3.05, 3.63) is 85.1 Å². The average molecular weight is 1020 g/mol. The molecule has 420 valence electrons. The van der Waals surface area contributed by atoms with E-state index in [0.29, 0.717) is 19.3 Å². The lowest BCUT2D eigenvalue weighted by Crippen LogP contribution is -2.30. The number of rotatable bonds is 56. The van der Waals surface area contributed by atoms with Gasteiger partial charge in [0, 0.05) is 19.3 Å². The van der Waals surface area contributed by atoms with Crippen molar-refractivity contribution in [2.24, 2.45) is 0 Å². The molecule has 0 saturated carbocycles. The highest BCUT2D eigenvalue weighted by Gasteiger charge is 2.19. The maximum Gasteiger partial charge on any atom is 0.306 e. The number of esters is 3. The van der Waals surface area contributed by atoms with Crippen LogP contribution in [-0.2, 0) is 28.6 Å². The van der Waals surface area contributed by atoms with Crippen LogP contribution in [0.1, 0.15) is 303 Å². The summed E-state index contributed by atoms with van der Waals surface area (Å²) in [7, 11) is 0. The van der Waals surface area contributed by atoms with Gasteiger partial charge in [0.05, 0.1) is 0 Å². The molecule has 0 amide bonds. The summed E-state index contributed by atoms with van der Waals surface area (Å²) in [4.78, 5) is 38.2. The van der Waals surface area contributed by atoms with Gasteiger partial charge in [0.15, 0.2) is 6.10 Å². The lowest BCUT2D eigenvalue weighted by atomic mass is 10.0. The van der Waals surface area contributed by atoms with Crippen LogP contribution in [-0.4, -0.2) is 37.2 Å². The molecular weight excluding hydrogens is 901 g/mol. The Balaban J connectivity index is 4.29. The van der Waals surface area contributed by atoms with Crippen LogP contribution in [0.25, 0.3) is 0 Å². The zero-order valence-corrected chi connectivity index (χ0v) is 48.1. The molecule has 73 heavy (non-hydrogen) atoms. The largest absolute Gasteiger partial charge is 0.462 e. The zero-order chi connectivity index (χ0) is 52.9. The Kier molecular flexibility index (Phi) is 58.3. The topological polar surface area (TPSA) is 78.9 Å². The number of carbonyl (C=O) groups is 3. The van der Waals surface area contributed by atoms with Gasteiger partial charge in [-0.25, -0.2) is 0 Å². The van der Waals surface area contributed by atoms with Crippen LogP contribution in [0.5, 0.6) is 0 Å². The number of unbranched alkanes of at least 4 members (excludes halogenated alkanes) is 31. The minimum absolute atomic E-state index is 0.0970. The quantitative estimate of drug-likeness (QED) is 0.0261. The number of allylic oxidation sites excluding steroid dienone is 14. The third kappa shape index (κ3) is 59.3. The SMILES string of the molecule is CC/C=C\C/C=C\C/C=C\C/C=C\CCC(=O)OCC(COC(=O)CCCCCCCCCCCCCC/C=C\C/C=C\C/C=C\CCCCCCC)OC(=O)CCCCCCCCCCCCCCCCC. The van der Waals surface area contributed by atoms with Gasteiger partial charge in [-0.05, 0) is 83.5 Å². The van der Waals surface area contributed by atoms with E-state index in [1.165, 1.54) is 180 Å². The predicted molar refractivity (Wildman–Crippen MR) is 316 cm³/mol. The van der Waals surface area contributed by atoms with E-state index in [1.54, 1.807) is 0 Å². The fourth-order valence-corrected chi connectivity index (χ4v) is 8.76. The molecule has 0 N–H and O–H groups in total. The Morgan fingerprint density at radius 3 is 0.918 bits per heavy atom. The van der Waals surface area contributed by atoms with E-state index in [1.807, 2.05) is 6.08 Å². The molecule has 0 saturated heterocycles. The summed E-state index contributed by atoms with van der Waals surface area (Å²) >= 11 is 0. The maximum atomic E-state index is 12.9. The van der Waals surface area contributed by atoms with Crippen molar-refractivity contribution in [2.45, 2.75) is 309 Å². The fraction of sp³-hybridized carbons (Fsp3) is 0.746. The Hall–Kier alpha value is -3.41. The Bertz CT molecular complexity index is 1400. The van der Waals surface area contributed by atoms with E-state index in [0.717, 1.165) is 77.0 Å². The summed E-state index contributed by atoms with van der Waals surface area (Å²) in [6.07, 6.45) is 80.4. The van der Waals surface area contributed by atoms with Crippen molar-refractivity contribution in [1.82, 2.24) is 0 Å². The highest BCUT2D eigenvalue weighted by molar-refractivity contribution is 5.71. The molecule has 0 radical (unpaired) electrons. The van der Waals surface area contributed by atoms with E-state index in [-0.39, 0.29) is 37.5 Å². The van der Waals surface area contributed by atoms with E-state index in [9.17, 15) is 14.4 Å². The van der Waals surface area contributed by atoms with Gasteiger partial charge in [0.1, 0.15) is 13.2 Å². The van der Waals surface area contributed by atoms with E-state index in [2.05, 4.69) is 99.8 Å². The summed E-state index contributed by atoms with van der Waals surface area (Å²) in [6.45, 7) is 6.47. The second-order valence-electron chi connectivity index (χ2n) is 20.6. The van der Waals surface area contributed by atoms with Crippen molar-refractivity contribution in [3.63, 3.8) is 0 Å². The second-order valence-corrected chi connectivity index (χ2v) is 20.6. The molecule has 0 fully saturated rings. The van der Waals surface area contributed by atoms with Gasteiger partial charge in [0.2, 0.25) is 0 Å². The molecule has 0 bridgehead atoms. The Morgan fingerprint density at radius 2 is 0.562 bits per heavy atom. The molecule has 1 atom stereocenters. The number of ether oxygens (including phenoxy) is 3. The van der Waals surface area contributed by atoms with Gasteiger partial charge >= 0.3 is 17.9 Å². The monoisotopic (exact) mass is 1020 g/mol. The smallest absolute Gasteiger partial charge is 0.306 e. The van der Waals surface area contributed by atoms with Gasteiger partial charge < -0.3 is 14.2 Å². The Morgan fingerprint density at radius 1 is 0.288 bits per heavy atom. The van der Waals surface area contributed by atoms with Gasteiger partial charge in [0.25, 0.3) is 0 Å². The van der Waals surface area contributed by atoms with Crippen LogP contribution in [0.4, 0.5) is 0 Å². The molecular formula is C67H116O6. The number of hydrogen-bond donors (Lipinski definition) is 0. The highest BCUT2D eigenvalue weighted by atomic mass is 16.6. The van der Waals surface area contributed by atoms with Crippen LogP contribution >= 0.6 is 0 Å². The molecule has 0 aliphatic rings. The first-order valence-corrected chi connectivity index (χ1v) is 31.1. The average Bonchev–Trinajstić information content (AvgIpc) is 3.39. The second kappa shape index (κ2) is 61.1. The van der Waals surface area contributed by atoms with Crippen molar-refractivity contribution in [3.8, 4) is 0 Å². The molecule has 0 aromatic heterocycles. The minimum atomic E-state index is -0.804. The summed E-state index contributed by atoms with van der Waals surface area (Å²) in [5, 5.41) is 0. The summed E-state index contributed by atoms with van der Waals surface area (Å²) in [5.41, 5.74) is 0.